The maximum atomic E-state index is 12.3. The minimum atomic E-state index is -1.08. The topological polar surface area (TPSA) is 94.9 Å². The maximum absolute atomic E-state index is 12.3. The highest BCUT2D eigenvalue weighted by atomic mass is 16.4. The highest BCUT2D eigenvalue weighted by Gasteiger charge is 2.33. The van der Waals surface area contributed by atoms with E-state index in [4.69, 9.17) is 5.11 Å². The van der Waals surface area contributed by atoms with Gasteiger partial charge in [0.25, 0.3) is 11.8 Å². The molecule has 0 unspecified atom stereocenters. The van der Waals surface area contributed by atoms with Crippen molar-refractivity contribution in [2.75, 3.05) is 0 Å². The van der Waals surface area contributed by atoms with Crippen molar-refractivity contribution in [3.05, 3.63) is 82.6 Å². The number of fused-ring (bicyclic) bond motifs is 1. The predicted molar refractivity (Wildman–Crippen MR) is 95.0 cm³/mol. The molecular formula is C20H15NO5. The number of carboxylic acids is 1. The summed E-state index contributed by atoms with van der Waals surface area (Å²) in [5, 5.41) is 18.1. The molecule has 26 heavy (non-hydrogen) atoms. The Kier molecular flexibility index (Phi) is 4.77. The molecule has 6 heteroatoms. The Morgan fingerprint density at radius 2 is 1.54 bits per heavy atom. The molecule has 1 heterocycles. The lowest BCUT2D eigenvalue weighted by molar-refractivity contribution is -0.131. The van der Waals surface area contributed by atoms with Crippen molar-refractivity contribution in [2.24, 2.45) is 0 Å². The summed E-state index contributed by atoms with van der Waals surface area (Å²) in [5.41, 5.74) is 2.51. The minimum absolute atomic E-state index is 0.220. The van der Waals surface area contributed by atoms with Gasteiger partial charge in [-0.2, -0.15) is 0 Å². The van der Waals surface area contributed by atoms with E-state index in [1.54, 1.807) is 48.5 Å². The molecule has 0 aliphatic carbocycles. The molecule has 6 nitrogen and oxygen atoms in total. The number of aliphatic carboxylic acids is 1. The first kappa shape index (κ1) is 17.3. The Bertz CT molecular complexity index is 923. The van der Waals surface area contributed by atoms with Crippen LogP contribution in [0.25, 0.3) is 12.2 Å². The number of nitrogens with zero attached hydrogens (tertiary/aromatic N) is 1. The van der Waals surface area contributed by atoms with Crippen LogP contribution in [0.3, 0.4) is 0 Å². The molecule has 0 spiro atoms. The molecule has 0 bridgehead atoms. The summed E-state index contributed by atoms with van der Waals surface area (Å²) in [6, 6.07) is 11.6. The van der Waals surface area contributed by atoms with Crippen molar-refractivity contribution in [1.29, 1.82) is 0 Å². The molecule has 2 N–H and O–H groups in total. The van der Waals surface area contributed by atoms with Gasteiger partial charge in [0.2, 0.25) is 0 Å². The van der Waals surface area contributed by atoms with Crippen LogP contribution >= 0.6 is 0 Å². The summed E-state index contributed by atoms with van der Waals surface area (Å²) in [6.45, 7) is -0.220. The molecule has 2 aromatic rings. The first-order valence-electron chi connectivity index (χ1n) is 7.80. The highest BCUT2D eigenvalue weighted by molar-refractivity contribution is 6.22. The average Bonchev–Trinajstić information content (AvgIpc) is 2.89. The monoisotopic (exact) mass is 349 g/mol. The van der Waals surface area contributed by atoms with Crippen molar-refractivity contribution in [3.8, 4) is 0 Å². The highest BCUT2D eigenvalue weighted by Crippen LogP contribution is 2.23. The molecule has 0 atom stereocenters. The number of hydrogen-bond acceptors (Lipinski definition) is 4. The zero-order valence-electron chi connectivity index (χ0n) is 13.6. The van der Waals surface area contributed by atoms with E-state index >= 15 is 0 Å². The van der Waals surface area contributed by atoms with Crippen LogP contribution in [-0.2, 0) is 11.4 Å². The molecule has 0 saturated carbocycles. The first-order valence-corrected chi connectivity index (χ1v) is 7.80. The summed E-state index contributed by atoms with van der Waals surface area (Å²) < 4.78 is 0. The molecule has 1 aliphatic heterocycles. The van der Waals surface area contributed by atoms with E-state index in [9.17, 15) is 19.5 Å². The van der Waals surface area contributed by atoms with Crippen molar-refractivity contribution >= 4 is 29.9 Å². The third kappa shape index (κ3) is 3.45. The van der Waals surface area contributed by atoms with Crippen LogP contribution < -0.4 is 0 Å². The SMILES string of the molecule is O=C(O)C=Cc1cc(C=CN2C(=O)c3ccccc3C2=O)cc(CO)c1. The second kappa shape index (κ2) is 7.16. The van der Waals surface area contributed by atoms with Gasteiger partial charge in [0, 0.05) is 12.3 Å². The van der Waals surface area contributed by atoms with Gasteiger partial charge in [0.1, 0.15) is 0 Å². The van der Waals surface area contributed by atoms with E-state index in [1.165, 1.54) is 12.3 Å². The average molecular weight is 349 g/mol. The van der Waals surface area contributed by atoms with E-state index in [0.29, 0.717) is 27.8 Å². The third-order valence-corrected chi connectivity index (χ3v) is 3.88. The zero-order valence-corrected chi connectivity index (χ0v) is 13.6. The van der Waals surface area contributed by atoms with Gasteiger partial charge in [0.15, 0.2) is 0 Å². The van der Waals surface area contributed by atoms with Crippen LogP contribution in [0.2, 0.25) is 0 Å². The quantitative estimate of drug-likeness (QED) is 0.639. The van der Waals surface area contributed by atoms with Crippen LogP contribution in [0.4, 0.5) is 0 Å². The van der Waals surface area contributed by atoms with Crippen LogP contribution in [0.5, 0.6) is 0 Å². The van der Waals surface area contributed by atoms with E-state index in [2.05, 4.69) is 0 Å². The van der Waals surface area contributed by atoms with Crippen molar-refractivity contribution in [1.82, 2.24) is 4.90 Å². The summed E-state index contributed by atoms with van der Waals surface area (Å²) >= 11 is 0. The Hall–Kier alpha value is -3.51. The number of aliphatic hydroxyl groups excluding tert-OH is 1. The smallest absolute Gasteiger partial charge is 0.328 e. The Morgan fingerprint density at radius 1 is 0.962 bits per heavy atom. The van der Waals surface area contributed by atoms with Gasteiger partial charge >= 0.3 is 5.97 Å². The van der Waals surface area contributed by atoms with Gasteiger partial charge in [0.05, 0.1) is 17.7 Å². The molecule has 2 amide bonds. The van der Waals surface area contributed by atoms with Crippen LogP contribution in [-0.4, -0.2) is 32.9 Å². The Labute approximate surface area is 149 Å². The minimum Gasteiger partial charge on any atom is -0.478 e. The lowest BCUT2D eigenvalue weighted by atomic mass is 10.1. The second-order valence-electron chi connectivity index (χ2n) is 5.68. The fraction of sp³-hybridized carbons (Fsp3) is 0.0500. The molecule has 0 radical (unpaired) electrons. The molecule has 130 valence electrons. The van der Waals surface area contributed by atoms with Crippen molar-refractivity contribution in [3.63, 3.8) is 0 Å². The van der Waals surface area contributed by atoms with Crippen molar-refractivity contribution in [2.45, 2.75) is 6.61 Å². The number of hydrogen-bond donors (Lipinski definition) is 2. The van der Waals surface area contributed by atoms with Crippen molar-refractivity contribution < 1.29 is 24.6 Å². The zero-order chi connectivity index (χ0) is 18.7. The number of carbonyl (C=O) groups is 3. The lowest BCUT2D eigenvalue weighted by Crippen LogP contribution is -2.23. The molecule has 2 aromatic carbocycles. The Morgan fingerprint density at radius 3 is 2.08 bits per heavy atom. The number of carboxylic acid groups (broad SMARTS) is 1. The predicted octanol–water partition coefficient (Wildman–Crippen LogP) is 2.54. The van der Waals surface area contributed by atoms with Crippen LogP contribution in [0.1, 0.15) is 37.4 Å². The standard InChI is InChI=1S/C20H15NO5/c22-12-15-10-13(5-6-18(23)24)9-14(11-15)7-8-21-19(25)16-3-1-2-4-17(16)20(21)26/h1-11,22H,12H2,(H,23,24). The largest absolute Gasteiger partial charge is 0.478 e. The van der Waals surface area contributed by atoms with Gasteiger partial charge < -0.3 is 10.2 Å². The number of amides is 2. The van der Waals surface area contributed by atoms with Crippen LogP contribution in [0.15, 0.2) is 54.7 Å². The van der Waals surface area contributed by atoms with Gasteiger partial charge in [-0.25, -0.2) is 9.69 Å². The summed E-state index contributed by atoms with van der Waals surface area (Å²) in [7, 11) is 0. The van der Waals surface area contributed by atoms with Gasteiger partial charge in [-0.05, 0) is 59.2 Å². The number of imide groups is 1. The number of benzene rings is 2. The number of aliphatic hydroxyl groups is 1. The van der Waals surface area contributed by atoms with Gasteiger partial charge in [-0.15, -0.1) is 0 Å². The van der Waals surface area contributed by atoms with Gasteiger partial charge in [-0.3, -0.25) is 9.59 Å². The van der Waals surface area contributed by atoms with Gasteiger partial charge in [-0.1, -0.05) is 12.1 Å². The number of rotatable bonds is 5. The van der Waals surface area contributed by atoms with Crippen LogP contribution in [0, 0.1) is 0 Å². The first-order chi connectivity index (χ1) is 12.5. The van der Waals surface area contributed by atoms with E-state index in [1.807, 2.05) is 0 Å². The molecule has 0 fully saturated rings. The normalized spacial score (nSPS) is 13.8. The van der Waals surface area contributed by atoms with E-state index in [0.717, 1.165) is 11.0 Å². The fourth-order valence-electron chi connectivity index (χ4n) is 2.70. The fourth-order valence-corrected chi connectivity index (χ4v) is 2.70. The maximum Gasteiger partial charge on any atom is 0.328 e. The molecule has 1 aliphatic rings. The third-order valence-electron chi connectivity index (χ3n) is 3.88. The molecule has 3 rings (SSSR count). The Balaban J connectivity index is 1.89. The number of carbonyl (C=O) groups excluding carboxylic acids is 2. The summed E-state index contributed by atoms with van der Waals surface area (Å²) in [4.78, 5) is 36.4. The lowest BCUT2D eigenvalue weighted by Gasteiger charge is -2.08. The second-order valence-corrected chi connectivity index (χ2v) is 5.68. The molecular weight excluding hydrogens is 334 g/mol. The molecule has 0 saturated heterocycles. The van der Waals surface area contributed by atoms with E-state index in [-0.39, 0.29) is 6.61 Å². The summed E-state index contributed by atoms with van der Waals surface area (Å²) in [5.74, 6) is -1.88. The molecule has 0 aromatic heterocycles. The van der Waals surface area contributed by atoms with E-state index < -0.39 is 17.8 Å². The summed E-state index contributed by atoms with van der Waals surface area (Å²) in [6.07, 6.45) is 5.35.